The Morgan fingerprint density at radius 2 is 2.14 bits per heavy atom. The molecule has 0 saturated heterocycles. The van der Waals surface area contributed by atoms with Crippen molar-refractivity contribution in [1.82, 2.24) is 0 Å². The fourth-order valence-electron chi connectivity index (χ4n) is 2.99. The standard InChI is InChI=1S/C11H12BrClS/c12-8-4-5-14-11(8)10(13)9-6-2-1-3-7(6)9/h4-7,9-10H,1-3H2. The first kappa shape index (κ1) is 9.68. The molecule has 76 valence electrons. The van der Waals surface area contributed by atoms with E-state index >= 15 is 0 Å². The van der Waals surface area contributed by atoms with Gasteiger partial charge >= 0.3 is 0 Å². The van der Waals surface area contributed by atoms with Gasteiger partial charge in [0.25, 0.3) is 0 Å². The normalized spacial score (nSPS) is 36.9. The van der Waals surface area contributed by atoms with Crippen molar-refractivity contribution in [1.29, 1.82) is 0 Å². The first-order valence-corrected chi connectivity index (χ1v) is 7.27. The van der Waals surface area contributed by atoms with Crippen molar-refractivity contribution >= 4 is 38.9 Å². The largest absolute Gasteiger partial charge is 0.146 e. The highest BCUT2D eigenvalue weighted by Crippen LogP contribution is 2.64. The van der Waals surface area contributed by atoms with E-state index in [4.69, 9.17) is 11.6 Å². The van der Waals surface area contributed by atoms with Gasteiger partial charge in [-0.15, -0.1) is 22.9 Å². The summed E-state index contributed by atoms with van der Waals surface area (Å²) < 4.78 is 1.20. The number of halogens is 2. The van der Waals surface area contributed by atoms with Gasteiger partial charge in [0.05, 0.1) is 5.38 Å². The van der Waals surface area contributed by atoms with Gasteiger partial charge in [-0.25, -0.2) is 0 Å². The van der Waals surface area contributed by atoms with Crippen LogP contribution in [-0.4, -0.2) is 0 Å². The van der Waals surface area contributed by atoms with E-state index in [-0.39, 0.29) is 5.38 Å². The molecule has 2 fully saturated rings. The van der Waals surface area contributed by atoms with Crippen LogP contribution in [0.5, 0.6) is 0 Å². The number of hydrogen-bond donors (Lipinski definition) is 0. The second-order valence-electron chi connectivity index (χ2n) is 4.37. The molecule has 0 nitrogen and oxygen atoms in total. The topological polar surface area (TPSA) is 0 Å². The number of thiophene rings is 1. The molecule has 3 atom stereocenters. The number of fused-ring (bicyclic) bond motifs is 1. The Hall–Kier alpha value is 0.470. The zero-order valence-electron chi connectivity index (χ0n) is 7.75. The quantitative estimate of drug-likeness (QED) is 0.684. The smallest absolute Gasteiger partial charge is 0.0723 e. The average Bonchev–Trinajstić information content (AvgIpc) is 2.57. The molecular formula is C11H12BrClS. The average molecular weight is 292 g/mol. The second kappa shape index (κ2) is 3.50. The second-order valence-corrected chi connectivity index (χ2v) is 6.64. The molecule has 2 aliphatic carbocycles. The van der Waals surface area contributed by atoms with Gasteiger partial charge in [-0.3, -0.25) is 0 Å². The van der Waals surface area contributed by atoms with E-state index in [9.17, 15) is 0 Å². The third kappa shape index (κ3) is 1.38. The molecule has 1 heterocycles. The van der Waals surface area contributed by atoms with Gasteiger partial charge in [0.1, 0.15) is 0 Å². The monoisotopic (exact) mass is 290 g/mol. The van der Waals surface area contributed by atoms with Crippen LogP contribution in [0.3, 0.4) is 0 Å². The van der Waals surface area contributed by atoms with Gasteiger partial charge in [-0.1, -0.05) is 6.42 Å². The van der Waals surface area contributed by atoms with Crippen LogP contribution >= 0.6 is 38.9 Å². The first-order valence-electron chi connectivity index (χ1n) is 5.16. The van der Waals surface area contributed by atoms with E-state index < -0.39 is 0 Å². The van der Waals surface area contributed by atoms with Crippen molar-refractivity contribution in [2.24, 2.45) is 17.8 Å². The number of rotatable bonds is 2. The molecule has 2 saturated carbocycles. The highest BCUT2D eigenvalue weighted by Gasteiger charge is 2.56. The van der Waals surface area contributed by atoms with Crippen LogP contribution in [0.25, 0.3) is 0 Å². The van der Waals surface area contributed by atoms with Gasteiger partial charge in [-0.05, 0) is 58.0 Å². The summed E-state index contributed by atoms with van der Waals surface area (Å²) in [5, 5.41) is 2.38. The molecule has 1 aromatic rings. The molecule has 2 aliphatic rings. The maximum absolute atomic E-state index is 6.53. The molecule has 0 aliphatic heterocycles. The predicted molar refractivity (Wildman–Crippen MR) is 64.9 cm³/mol. The minimum atomic E-state index is 0.264. The maximum atomic E-state index is 6.53. The molecule has 0 N–H and O–H groups in total. The van der Waals surface area contributed by atoms with Crippen LogP contribution in [0.15, 0.2) is 15.9 Å². The Balaban J connectivity index is 1.78. The summed E-state index contributed by atoms with van der Waals surface area (Å²) in [4.78, 5) is 1.34. The molecule has 1 aromatic heterocycles. The molecule has 0 amide bonds. The molecule has 0 radical (unpaired) electrons. The fraction of sp³-hybridized carbons (Fsp3) is 0.636. The molecular weight excluding hydrogens is 280 g/mol. The van der Waals surface area contributed by atoms with Crippen LogP contribution in [0.1, 0.15) is 29.5 Å². The Bertz CT molecular complexity index is 339. The van der Waals surface area contributed by atoms with Crippen LogP contribution in [0.4, 0.5) is 0 Å². The molecule has 3 unspecified atom stereocenters. The molecule has 0 spiro atoms. The van der Waals surface area contributed by atoms with Gasteiger partial charge in [0, 0.05) is 9.35 Å². The lowest BCUT2D eigenvalue weighted by molar-refractivity contribution is 0.577. The van der Waals surface area contributed by atoms with Crippen molar-refractivity contribution in [3.8, 4) is 0 Å². The van der Waals surface area contributed by atoms with E-state index in [0.717, 1.165) is 17.8 Å². The summed E-state index contributed by atoms with van der Waals surface area (Å²) in [5.74, 6) is 2.68. The Morgan fingerprint density at radius 1 is 1.43 bits per heavy atom. The molecule has 3 rings (SSSR count). The highest BCUT2D eigenvalue weighted by atomic mass is 79.9. The number of hydrogen-bond acceptors (Lipinski definition) is 1. The summed E-state index contributed by atoms with van der Waals surface area (Å²) in [5.41, 5.74) is 0. The van der Waals surface area contributed by atoms with Gasteiger partial charge in [0.15, 0.2) is 0 Å². The third-order valence-electron chi connectivity index (χ3n) is 3.71. The van der Waals surface area contributed by atoms with Crippen molar-refractivity contribution in [3.63, 3.8) is 0 Å². The summed E-state index contributed by atoms with van der Waals surface area (Å²) in [6.07, 6.45) is 4.27. The van der Waals surface area contributed by atoms with Crippen molar-refractivity contribution < 1.29 is 0 Å². The molecule has 0 aromatic carbocycles. The predicted octanol–water partition coefficient (Wildman–Crippen LogP) is 4.84. The molecule has 14 heavy (non-hydrogen) atoms. The van der Waals surface area contributed by atoms with E-state index in [1.54, 1.807) is 11.3 Å². The highest BCUT2D eigenvalue weighted by molar-refractivity contribution is 9.10. The zero-order valence-corrected chi connectivity index (χ0v) is 10.9. The maximum Gasteiger partial charge on any atom is 0.0723 e. The lowest BCUT2D eigenvalue weighted by atomic mass is 10.1. The lowest BCUT2D eigenvalue weighted by Gasteiger charge is -2.09. The van der Waals surface area contributed by atoms with E-state index in [2.05, 4.69) is 27.4 Å². The van der Waals surface area contributed by atoms with Gasteiger partial charge in [-0.2, -0.15) is 0 Å². The van der Waals surface area contributed by atoms with Crippen LogP contribution in [0, 0.1) is 17.8 Å². The fourth-order valence-corrected chi connectivity index (χ4v) is 5.42. The van der Waals surface area contributed by atoms with Crippen molar-refractivity contribution in [2.45, 2.75) is 24.6 Å². The molecule has 0 bridgehead atoms. The van der Waals surface area contributed by atoms with Gasteiger partial charge < -0.3 is 0 Å². The Labute approximate surface area is 102 Å². The summed E-state index contributed by atoms with van der Waals surface area (Å²) in [6.45, 7) is 0. The Kier molecular flexibility index (Phi) is 2.42. The Morgan fingerprint density at radius 3 is 2.71 bits per heavy atom. The van der Waals surface area contributed by atoms with E-state index in [0.29, 0.717) is 0 Å². The number of alkyl halides is 1. The van der Waals surface area contributed by atoms with Crippen LogP contribution in [0.2, 0.25) is 0 Å². The summed E-state index contributed by atoms with van der Waals surface area (Å²) in [6, 6.07) is 2.10. The van der Waals surface area contributed by atoms with Crippen LogP contribution < -0.4 is 0 Å². The first-order chi connectivity index (χ1) is 6.79. The zero-order chi connectivity index (χ0) is 9.71. The van der Waals surface area contributed by atoms with E-state index in [1.165, 1.54) is 28.6 Å². The van der Waals surface area contributed by atoms with Crippen LogP contribution in [-0.2, 0) is 0 Å². The minimum absolute atomic E-state index is 0.264. The summed E-state index contributed by atoms with van der Waals surface area (Å²) >= 11 is 11.9. The van der Waals surface area contributed by atoms with Crippen molar-refractivity contribution in [3.05, 3.63) is 20.8 Å². The van der Waals surface area contributed by atoms with Gasteiger partial charge in [0.2, 0.25) is 0 Å². The third-order valence-corrected chi connectivity index (χ3v) is 6.30. The lowest BCUT2D eigenvalue weighted by Crippen LogP contribution is -1.96. The summed E-state index contributed by atoms with van der Waals surface area (Å²) in [7, 11) is 0. The SMILES string of the molecule is ClC(c1sccc1Br)C1C2CCCC21. The van der Waals surface area contributed by atoms with Crippen molar-refractivity contribution in [2.75, 3.05) is 0 Å². The minimum Gasteiger partial charge on any atom is -0.146 e. The molecule has 3 heteroatoms. The van der Waals surface area contributed by atoms with E-state index in [1.807, 2.05) is 0 Å².